The van der Waals surface area contributed by atoms with Crippen LogP contribution in [0, 0.1) is 12.8 Å². The molecular formula is C19H27Cl2N3O2S. The molecule has 2 aromatic rings. The van der Waals surface area contributed by atoms with Crippen molar-refractivity contribution < 1.29 is 9.53 Å². The highest BCUT2D eigenvalue weighted by molar-refractivity contribution is 7.09. The zero-order valence-electron chi connectivity index (χ0n) is 15.6. The van der Waals surface area contributed by atoms with Gasteiger partial charge in [0.25, 0.3) is 5.91 Å². The fourth-order valence-electron chi connectivity index (χ4n) is 3.26. The quantitative estimate of drug-likeness (QED) is 0.773. The van der Waals surface area contributed by atoms with E-state index in [0.29, 0.717) is 30.4 Å². The SMILES string of the molecule is Cc1nc(COc2cccc(C(=O)N3CCC(C)CC3CN)c2)cs1.Cl.Cl. The number of amides is 1. The van der Waals surface area contributed by atoms with E-state index in [-0.39, 0.29) is 36.8 Å². The predicted octanol–water partition coefficient (Wildman–Crippen LogP) is 4.07. The van der Waals surface area contributed by atoms with E-state index in [0.717, 1.165) is 30.1 Å². The third-order valence-electron chi connectivity index (χ3n) is 4.65. The molecule has 3 rings (SSSR count). The predicted molar refractivity (Wildman–Crippen MR) is 114 cm³/mol. The van der Waals surface area contributed by atoms with Gasteiger partial charge < -0.3 is 15.4 Å². The van der Waals surface area contributed by atoms with E-state index in [1.807, 2.05) is 41.5 Å². The van der Waals surface area contributed by atoms with Crippen molar-refractivity contribution in [3.05, 3.63) is 45.9 Å². The molecule has 27 heavy (non-hydrogen) atoms. The molecule has 1 aliphatic heterocycles. The Hall–Kier alpha value is -1.34. The maximum absolute atomic E-state index is 12.9. The van der Waals surface area contributed by atoms with Gasteiger partial charge in [-0.3, -0.25) is 4.79 Å². The summed E-state index contributed by atoms with van der Waals surface area (Å²) < 4.78 is 5.80. The van der Waals surface area contributed by atoms with Crippen molar-refractivity contribution in [3.8, 4) is 5.75 Å². The molecule has 1 aliphatic rings. The van der Waals surface area contributed by atoms with Crippen molar-refractivity contribution in [2.45, 2.75) is 39.3 Å². The zero-order valence-corrected chi connectivity index (χ0v) is 18.0. The summed E-state index contributed by atoms with van der Waals surface area (Å²) in [6, 6.07) is 7.51. The highest BCUT2D eigenvalue weighted by atomic mass is 35.5. The Balaban J connectivity index is 0.00000182. The molecule has 0 saturated carbocycles. The van der Waals surface area contributed by atoms with Gasteiger partial charge in [0.2, 0.25) is 0 Å². The van der Waals surface area contributed by atoms with Crippen LogP contribution in [0.15, 0.2) is 29.6 Å². The number of nitrogens with zero attached hydrogens (tertiary/aromatic N) is 2. The molecule has 2 heterocycles. The maximum atomic E-state index is 12.9. The number of halogens is 2. The molecule has 2 unspecified atom stereocenters. The molecule has 1 aromatic carbocycles. The number of rotatable bonds is 5. The number of piperidine rings is 1. The van der Waals surface area contributed by atoms with E-state index >= 15 is 0 Å². The van der Waals surface area contributed by atoms with E-state index in [1.165, 1.54) is 0 Å². The average Bonchev–Trinajstić information content (AvgIpc) is 3.05. The van der Waals surface area contributed by atoms with Gasteiger partial charge in [-0.1, -0.05) is 13.0 Å². The lowest BCUT2D eigenvalue weighted by molar-refractivity contribution is 0.0573. The third kappa shape index (κ3) is 6.07. The number of benzene rings is 1. The number of carbonyl (C=O) groups is 1. The van der Waals surface area contributed by atoms with Crippen LogP contribution in [0.2, 0.25) is 0 Å². The van der Waals surface area contributed by atoms with Gasteiger partial charge in [-0.15, -0.1) is 36.2 Å². The van der Waals surface area contributed by atoms with Crippen molar-refractivity contribution in [2.75, 3.05) is 13.1 Å². The number of carbonyl (C=O) groups excluding carboxylic acids is 1. The standard InChI is InChI=1S/C19H25N3O2S.2ClH/c1-13-6-7-22(17(8-13)10-20)19(23)15-4-3-5-18(9-15)24-11-16-12-25-14(2)21-16;;/h3-5,9,12-13,17H,6-8,10-11,20H2,1-2H3;2*1H. The van der Waals surface area contributed by atoms with Crippen molar-refractivity contribution in [1.29, 1.82) is 0 Å². The van der Waals surface area contributed by atoms with E-state index in [2.05, 4.69) is 11.9 Å². The monoisotopic (exact) mass is 431 g/mol. The van der Waals surface area contributed by atoms with Gasteiger partial charge in [-0.2, -0.15) is 0 Å². The molecule has 5 nitrogen and oxygen atoms in total. The Morgan fingerprint density at radius 3 is 2.85 bits per heavy atom. The topological polar surface area (TPSA) is 68.5 Å². The lowest BCUT2D eigenvalue weighted by atomic mass is 9.92. The molecule has 2 atom stereocenters. The molecule has 2 N–H and O–H groups in total. The first-order valence-corrected chi connectivity index (χ1v) is 9.59. The smallest absolute Gasteiger partial charge is 0.254 e. The van der Waals surface area contributed by atoms with E-state index in [1.54, 1.807) is 11.3 Å². The minimum absolute atomic E-state index is 0. The number of aromatic nitrogens is 1. The number of hydrogen-bond donors (Lipinski definition) is 1. The highest BCUT2D eigenvalue weighted by Gasteiger charge is 2.29. The van der Waals surface area contributed by atoms with Gasteiger partial charge in [0, 0.05) is 30.1 Å². The number of hydrogen-bond acceptors (Lipinski definition) is 5. The third-order valence-corrected chi connectivity index (χ3v) is 5.47. The summed E-state index contributed by atoms with van der Waals surface area (Å²) in [7, 11) is 0. The Morgan fingerprint density at radius 1 is 1.41 bits per heavy atom. The van der Waals surface area contributed by atoms with Gasteiger partial charge in [-0.05, 0) is 43.9 Å². The Labute approximate surface area is 177 Å². The number of nitrogens with two attached hydrogens (primary N) is 1. The van der Waals surface area contributed by atoms with Crippen LogP contribution >= 0.6 is 36.2 Å². The number of aryl methyl sites for hydroxylation is 1. The second-order valence-corrected chi connectivity index (χ2v) is 7.75. The van der Waals surface area contributed by atoms with E-state index < -0.39 is 0 Å². The summed E-state index contributed by atoms with van der Waals surface area (Å²) in [4.78, 5) is 19.2. The average molecular weight is 432 g/mol. The first-order chi connectivity index (χ1) is 12.1. The maximum Gasteiger partial charge on any atom is 0.254 e. The lowest BCUT2D eigenvalue weighted by Crippen LogP contribution is -2.49. The van der Waals surface area contributed by atoms with Gasteiger partial charge in [0.05, 0.1) is 10.7 Å². The molecular weight excluding hydrogens is 405 g/mol. The summed E-state index contributed by atoms with van der Waals surface area (Å²) in [6.45, 7) is 5.88. The Kier molecular flexibility index (Phi) is 9.53. The van der Waals surface area contributed by atoms with Gasteiger partial charge >= 0.3 is 0 Å². The van der Waals surface area contributed by atoms with Crippen molar-refractivity contribution in [3.63, 3.8) is 0 Å². The molecule has 0 radical (unpaired) electrons. The fourth-order valence-corrected chi connectivity index (χ4v) is 3.86. The van der Waals surface area contributed by atoms with E-state index in [4.69, 9.17) is 10.5 Å². The summed E-state index contributed by atoms with van der Waals surface area (Å²) in [5, 5.41) is 3.01. The molecule has 1 amide bonds. The van der Waals surface area contributed by atoms with Crippen molar-refractivity contribution in [2.24, 2.45) is 11.7 Å². The fraction of sp³-hybridized carbons (Fsp3) is 0.474. The molecule has 1 fully saturated rings. The minimum Gasteiger partial charge on any atom is -0.487 e. The largest absolute Gasteiger partial charge is 0.487 e. The molecule has 150 valence electrons. The van der Waals surface area contributed by atoms with Gasteiger partial charge in [-0.25, -0.2) is 4.98 Å². The Morgan fingerprint density at radius 2 is 2.19 bits per heavy atom. The summed E-state index contributed by atoms with van der Waals surface area (Å²) in [5.41, 5.74) is 7.45. The number of likely N-dealkylation sites (tertiary alicyclic amines) is 1. The number of ether oxygens (including phenoxy) is 1. The van der Waals surface area contributed by atoms with Crippen LogP contribution in [0.4, 0.5) is 0 Å². The minimum atomic E-state index is 0. The molecule has 1 aromatic heterocycles. The van der Waals surface area contributed by atoms with Crippen molar-refractivity contribution >= 4 is 42.1 Å². The van der Waals surface area contributed by atoms with Crippen LogP contribution in [0.5, 0.6) is 5.75 Å². The first-order valence-electron chi connectivity index (χ1n) is 8.71. The molecule has 0 bridgehead atoms. The first kappa shape index (κ1) is 23.7. The van der Waals surface area contributed by atoms with E-state index in [9.17, 15) is 4.79 Å². The van der Waals surface area contributed by atoms with Crippen molar-refractivity contribution in [1.82, 2.24) is 9.88 Å². The summed E-state index contributed by atoms with van der Waals surface area (Å²) in [5.74, 6) is 1.34. The summed E-state index contributed by atoms with van der Waals surface area (Å²) in [6.07, 6.45) is 2.00. The molecule has 1 saturated heterocycles. The second-order valence-electron chi connectivity index (χ2n) is 6.69. The van der Waals surface area contributed by atoms with Crippen LogP contribution in [0.3, 0.4) is 0 Å². The molecule has 0 spiro atoms. The highest BCUT2D eigenvalue weighted by Crippen LogP contribution is 2.25. The molecule has 0 aliphatic carbocycles. The van der Waals surface area contributed by atoms with Crippen LogP contribution in [0.1, 0.15) is 40.8 Å². The normalized spacial score (nSPS) is 19.0. The zero-order chi connectivity index (χ0) is 17.8. The van der Waals surface area contributed by atoms with Crippen LogP contribution in [-0.4, -0.2) is 34.9 Å². The van der Waals surface area contributed by atoms with Crippen LogP contribution in [0.25, 0.3) is 0 Å². The van der Waals surface area contributed by atoms with Crippen LogP contribution < -0.4 is 10.5 Å². The molecule has 8 heteroatoms. The second kappa shape index (κ2) is 10.9. The lowest BCUT2D eigenvalue weighted by Gasteiger charge is -2.38. The van der Waals surface area contributed by atoms with Crippen LogP contribution in [-0.2, 0) is 6.61 Å². The van der Waals surface area contributed by atoms with Gasteiger partial charge in [0.15, 0.2) is 0 Å². The van der Waals surface area contributed by atoms with Gasteiger partial charge in [0.1, 0.15) is 12.4 Å². The summed E-state index contributed by atoms with van der Waals surface area (Å²) >= 11 is 1.61. The Bertz CT molecular complexity index is 741. The number of thiazole rings is 1.